The second kappa shape index (κ2) is 5.21. The van der Waals surface area contributed by atoms with Gasteiger partial charge >= 0.3 is 11.9 Å². The van der Waals surface area contributed by atoms with Gasteiger partial charge in [0, 0.05) is 12.2 Å². The number of carbonyl (C=O) groups is 2. The van der Waals surface area contributed by atoms with E-state index in [-0.39, 0.29) is 5.41 Å². The molecule has 0 spiro atoms. The first-order valence-electron chi connectivity index (χ1n) is 5.92. The number of amides is 1. The third-order valence-corrected chi connectivity index (χ3v) is 2.79. The number of anilines is 1. The van der Waals surface area contributed by atoms with E-state index in [1.54, 1.807) is 19.1 Å². The molecule has 0 aliphatic heterocycles. The zero-order valence-corrected chi connectivity index (χ0v) is 11.2. The minimum atomic E-state index is -1.43. The Morgan fingerprint density at radius 2 is 1.67 bits per heavy atom. The number of hydrogen-bond acceptors (Lipinski definition) is 2. The van der Waals surface area contributed by atoms with Crippen molar-refractivity contribution in [1.82, 2.24) is 0 Å². The molecule has 0 aliphatic carbocycles. The Balaban J connectivity index is 3.03. The summed E-state index contributed by atoms with van der Waals surface area (Å²) in [4.78, 5) is 23.4. The van der Waals surface area contributed by atoms with Gasteiger partial charge in [-0.3, -0.25) is 4.79 Å². The van der Waals surface area contributed by atoms with Crippen molar-refractivity contribution >= 4 is 17.6 Å². The van der Waals surface area contributed by atoms with Crippen LogP contribution in [0.5, 0.6) is 0 Å². The number of benzene rings is 1. The second-order valence-corrected chi connectivity index (χ2v) is 5.15. The van der Waals surface area contributed by atoms with Crippen molar-refractivity contribution in [2.45, 2.75) is 33.1 Å². The van der Waals surface area contributed by atoms with Crippen molar-refractivity contribution in [3.63, 3.8) is 0 Å². The Bertz CT molecular complexity index is 443. The Morgan fingerprint density at radius 1 is 1.17 bits per heavy atom. The fourth-order valence-corrected chi connectivity index (χ4v) is 1.70. The molecule has 0 fully saturated rings. The molecule has 0 aromatic heterocycles. The van der Waals surface area contributed by atoms with Gasteiger partial charge in [-0.1, -0.05) is 32.9 Å². The van der Waals surface area contributed by atoms with E-state index in [1.165, 1.54) is 4.90 Å². The maximum Gasteiger partial charge on any atom is 0.394 e. The highest BCUT2D eigenvalue weighted by Crippen LogP contribution is 2.24. The van der Waals surface area contributed by atoms with E-state index in [0.717, 1.165) is 5.56 Å². The van der Waals surface area contributed by atoms with Crippen molar-refractivity contribution < 1.29 is 14.7 Å². The summed E-state index contributed by atoms with van der Waals surface area (Å²) in [5.41, 5.74) is 1.79. The molecule has 0 radical (unpaired) electrons. The number of nitrogens with zero attached hydrogens (tertiary/aromatic N) is 1. The zero-order valence-electron chi connectivity index (χ0n) is 11.2. The van der Waals surface area contributed by atoms with Gasteiger partial charge in [-0.25, -0.2) is 4.79 Å². The lowest BCUT2D eigenvalue weighted by atomic mass is 9.87. The van der Waals surface area contributed by atoms with Gasteiger partial charge in [0.15, 0.2) is 0 Å². The van der Waals surface area contributed by atoms with Crippen LogP contribution in [0.3, 0.4) is 0 Å². The van der Waals surface area contributed by atoms with E-state index in [0.29, 0.717) is 12.2 Å². The molecule has 0 saturated carbocycles. The van der Waals surface area contributed by atoms with Crippen LogP contribution in [0.15, 0.2) is 24.3 Å². The van der Waals surface area contributed by atoms with Crippen LogP contribution in [0.1, 0.15) is 33.3 Å². The van der Waals surface area contributed by atoms with Crippen LogP contribution < -0.4 is 4.90 Å². The van der Waals surface area contributed by atoms with E-state index in [1.807, 2.05) is 12.1 Å². The van der Waals surface area contributed by atoms with Crippen LogP contribution in [0.4, 0.5) is 5.69 Å². The maximum absolute atomic E-state index is 11.5. The summed E-state index contributed by atoms with van der Waals surface area (Å²) in [7, 11) is 0. The summed E-state index contributed by atoms with van der Waals surface area (Å²) < 4.78 is 0. The van der Waals surface area contributed by atoms with Gasteiger partial charge in [-0.05, 0) is 30.0 Å². The van der Waals surface area contributed by atoms with E-state index >= 15 is 0 Å². The number of rotatable bonds is 2. The highest BCUT2D eigenvalue weighted by Gasteiger charge is 2.21. The molecule has 0 heterocycles. The van der Waals surface area contributed by atoms with Crippen LogP contribution >= 0.6 is 0 Å². The summed E-state index contributed by atoms with van der Waals surface area (Å²) in [6, 6.07) is 7.41. The number of carbonyl (C=O) groups excluding carboxylic acids is 1. The number of likely N-dealkylation sites (N-methyl/N-ethyl adjacent to an activating group) is 1. The largest absolute Gasteiger partial charge is 0.474 e. The molecule has 0 bridgehead atoms. The van der Waals surface area contributed by atoms with Crippen molar-refractivity contribution in [3.05, 3.63) is 29.8 Å². The summed E-state index contributed by atoms with van der Waals surface area (Å²) in [6.07, 6.45) is 0. The predicted octanol–water partition coefficient (Wildman–Crippen LogP) is 2.42. The van der Waals surface area contributed by atoms with Gasteiger partial charge in [0.05, 0.1) is 0 Å². The summed E-state index contributed by atoms with van der Waals surface area (Å²) in [5, 5.41) is 8.74. The smallest absolute Gasteiger partial charge is 0.394 e. The molecular weight excluding hydrogens is 230 g/mol. The van der Waals surface area contributed by atoms with Gasteiger partial charge in [0.2, 0.25) is 0 Å². The quantitative estimate of drug-likeness (QED) is 0.819. The minimum absolute atomic E-state index is 0.0341. The standard InChI is InChI=1S/C14H19NO3/c1-5-15(12(16)13(17)18)11-8-6-10(7-9-11)14(2,3)4/h6-9H,5H2,1-4H3,(H,17,18). The number of carboxylic acid groups (broad SMARTS) is 1. The molecule has 0 atom stereocenters. The Morgan fingerprint density at radius 3 is 2.00 bits per heavy atom. The molecule has 1 aromatic rings. The summed E-state index contributed by atoms with van der Waals surface area (Å²) in [6.45, 7) is 8.38. The Hall–Kier alpha value is -1.84. The average Bonchev–Trinajstić information content (AvgIpc) is 2.29. The average molecular weight is 249 g/mol. The molecular formula is C14H19NO3. The lowest BCUT2D eigenvalue weighted by Gasteiger charge is -2.22. The fraction of sp³-hybridized carbons (Fsp3) is 0.429. The molecule has 1 rings (SSSR count). The van der Waals surface area contributed by atoms with E-state index in [4.69, 9.17) is 5.11 Å². The SMILES string of the molecule is CCN(C(=O)C(=O)O)c1ccc(C(C)(C)C)cc1. The first kappa shape index (κ1) is 14.2. The van der Waals surface area contributed by atoms with Crippen molar-refractivity contribution in [2.75, 3.05) is 11.4 Å². The first-order chi connectivity index (χ1) is 8.27. The monoisotopic (exact) mass is 249 g/mol. The first-order valence-corrected chi connectivity index (χ1v) is 5.92. The Labute approximate surface area is 107 Å². The fourth-order valence-electron chi connectivity index (χ4n) is 1.70. The highest BCUT2D eigenvalue weighted by molar-refractivity contribution is 6.37. The number of hydrogen-bond donors (Lipinski definition) is 1. The molecule has 0 unspecified atom stereocenters. The lowest BCUT2D eigenvalue weighted by molar-refractivity contribution is -0.148. The molecule has 0 aliphatic rings. The van der Waals surface area contributed by atoms with E-state index in [9.17, 15) is 9.59 Å². The summed E-state index contributed by atoms with van der Waals surface area (Å²) >= 11 is 0. The van der Waals surface area contributed by atoms with Gasteiger partial charge in [-0.15, -0.1) is 0 Å². The van der Waals surface area contributed by atoms with Crippen LogP contribution in [0.2, 0.25) is 0 Å². The third kappa shape index (κ3) is 3.09. The summed E-state index contributed by atoms with van der Waals surface area (Å²) in [5.74, 6) is -2.34. The van der Waals surface area contributed by atoms with Gasteiger partial charge < -0.3 is 10.0 Å². The maximum atomic E-state index is 11.5. The molecule has 18 heavy (non-hydrogen) atoms. The lowest BCUT2D eigenvalue weighted by Crippen LogP contribution is -2.36. The van der Waals surface area contributed by atoms with Crippen molar-refractivity contribution in [1.29, 1.82) is 0 Å². The van der Waals surface area contributed by atoms with Crippen molar-refractivity contribution in [2.24, 2.45) is 0 Å². The molecule has 4 nitrogen and oxygen atoms in total. The molecule has 1 aromatic carbocycles. The highest BCUT2D eigenvalue weighted by atomic mass is 16.4. The normalized spacial score (nSPS) is 11.1. The van der Waals surface area contributed by atoms with Crippen molar-refractivity contribution in [3.8, 4) is 0 Å². The minimum Gasteiger partial charge on any atom is -0.474 e. The van der Waals surface area contributed by atoms with Crippen LogP contribution in [-0.4, -0.2) is 23.5 Å². The molecule has 4 heteroatoms. The number of aliphatic carboxylic acids is 1. The van der Waals surface area contributed by atoms with Gasteiger partial charge in [0.25, 0.3) is 0 Å². The predicted molar refractivity (Wildman–Crippen MR) is 70.8 cm³/mol. The molecule has 98 valence electrons. The molecule has 0 saturated heterocycles. The van der Waals surface area contributed by atoms with Crippen LogP contribution in [-0.2, 0) is 15.0 Å². The molecule has 1 N–H and O–H groups in total. The zero-order chi connectivity index (χ0) is 13.9. The Kier molecular flexibility index (Phi) is 4.11. The van der Waals surface area contributed by atoms with Gasteiger partial charge in [-0.2, -0.15) is 0 Å². The van der Waals surface area contributed by atoms with Crippen LogP contribution in [0, 0.1) is 0 Å². The van der Waals surface area contributed by atoms with E-state index in [2.05, 4.69) is 20.8 Å². The topological polar surface area (TPSA) is 57.6 Å². The van der Waals surface area contributed by atoms with Crippen LogP contribution in [0.25, 0.3) is 0 Å². The molecule has 1 amide bonds. The second-order valence-electron chi connectivity index (χ2n) is 5.15. The van der Waals surface area contributed by atoms with E-state index < -0.39 is 11.9 Å². The van der Waals surface area contributed by atoms with Gasteiger partial charge in [0.1, 0.15) is 0 Å². The third-order valence-electron chi connectivity index (χ3n) is 2.79. The number of carboxylic acids is 1.